The number of carbonyl (C=O) groups excluding carboxylic acids is 1. The quantitative estimate of drug-likeness (QED) is 0.254. The summed E-state index contributed by atoms with van der Waals surface area (Å²) in [5.41, 5.74) is 13.0. The number of aromatic hydroxyl groups is 1. The summed E-state index contributed by atoms with van der Waals surface area (Å²) in [5, 5.41) is 22.3. The third-order valence-corrected chi connectivity index (χ3v) is 4.33. The highest BCUT2D eigenvalue weighted by Gasteiger charge is 2.04. The Bertz CT molecular complexity index is 1090. The number of hydrogen-bond acceptors (Lipinski definition) is 6. The molecule has 4 N–H and O–H groups in total. The summed E-state index contributed by atoms with van der Waals surface area (Å²) < 4.78 is 0. The molecule has 0 atom stereocenters. The molecule has 0 aliphatic heterocycles. The SMILES string of the molecule is Cc1ccc(N=Nc2ccc(O)c(/C=N\NC(=O)c3ccc(N)cc3)c2)cc1C. The maximum absolute atomic E-state index is 12.0. The zero-order valence-corrected chi connectivity index (χ0v) is 16.1. The largest absolute Gasteiger partial charge is 0.507 e. The lowest BCUT2D eigenvalue weighted by Crippen LogP contribution is -2.17. The molecule has 0 bridgehead atoms. The molecule has 0 fully saturated rings. The van der Waals surface area contributed by atoms with Crippen molar-refractivity contribution >= 4 is 29.2 Å². The first-order valence-corrected chi connectivity index (χ1v) is 8.93. The summed E-state index contributed by atoms with van der Waals surface area (Å²) in [6.45, 7) is 4.05. The van der Waals surface area contributed by atoms with Crippen LogP contribution in [0.1, 0.15) is 27.0 Å². The number of nitrogens with two attached hydrogens (primary N) is 1. The average Bonchev–Trinajstić information content (AvgIpc) is 2.71. The summed E-state index contributed by atoms with van der Waals surface area (Å²) in [6, 6.07) is 17.1. The van der Waals surface area contributed by atoms with Gasteiger partial charge in [-0.1, -0.05) is 6.07 Å². The topological polar surface area (TPSA) is 112 Å². The van der Waals surface area contributed by atoms with Crippen LogP contribution < -0.4 is 11.2 Å². The lowest BCUT2D eigenvalue weighted by atomic mass is 10.1. The van der Waals surface area contributed by atoms with Gasteiger partial charge in [0.2, 0.25) is 0 Å². The van der Waals surface area contributed by atoms with Crippen LogP contribution in [-0.4, -0.2) is 17.2 Å². The maximum atomic E-state index is 12.0. The van der Waals surface area contributed by atoms with E-state index in [1.165, 1.54) is 17.8 Å². The Morgan fingerprint density at radius 1 is 0.931 bits per heavy atom. The number of anilines is 1. The first-order chi connectivity index (χ1) is 13.9. The maximum Gasteiger partial charge on any atom is 0.271 e. The lowest BCUT2D eigenvalue weighted by Gasteiger charge is -2.02. The van der Waals surface area contributed by atoms with Gasteiger partial charge in [-0.3, -0.25) is 4.79 Å². The smallest absolute Gasteiger partial charge is 0.271 e. The molecule has 3 aromatic rings. The van der Waals surface area contributed by atoms with E-state index in [0.717, 1.165) is 11.3 Å². The van der Waals surface area contributed by atoms with Crippen molar-refractivity contribution in [3.8, 4) is 5.75 Å². The van der Waals surface area contributed by atoms with Crippen molar-refractivity contribution in [2.75, 3.05) is 5.73 Å². The van der Waals surface area contributed by atoms with E-state index in [1.807, 2.05) is 32.0 Å². The Balaban J connectivity index is 1.70. The van der Waals surface area contributed by atoms with Gasteiger partial charge in [0.25, 0.3) is 5.91 Å². The zero-order chi connectivity index (χ0) is 20.8. The van der Waals surface area contributed by atoms with Crippen LogP contribution in [-0.2, 0) is 0 Å². The summed E-state index contributed by atoms with van der Waals surface area (Å²) in [6.07, 6.45) is 1.35. The summed E-state index contributed by atoms with van der Waals surface area (Å²) in [4.78, 5) is 12.0. The molecule has 0 unspecified atom stereocenters. The van der Waals surface area contributed by atoms with Crippen molar-refractivity contribution in [3.63, 3.8) is 0 Å². The fourth-order valence-corrected chi connectivity index (χ4v) is 2.47. The number of azo groups is 1. The Labute approximate surface area is 168 Å². The molecular formula is C22H21N5O2. The monoisotopic (exact) mass is 387 g/mol. The van der Waals surface area contributed by atoms with E-state index in [9.17, 15) is 9.90 Å². The van der Waals surface area contributed by atoms with Gasteiger partial charge >= 0.3 is 0 Å². The van der Waals surface area contributed by atoms with Crippen molar-refractivity contribution in [1.82, 2.24) is 5.43 Å². The van der Waals surface area contributed by atoms with Crippen molar-refractivity contribution in [3.05, 3.63) is 82.9 Å². The number of nitrogens with one attached hydrogen (secondary N) is 1. The minimum absolute atomic E-state index is 0.0145. The lowest BCUT2D eigenvalue weighted by molar-refractivity contribution is 0.0955. The van der Waals surface area contributed by atoms with Crippen LogP contribution in [0, 0.1) is 13.8 Å². The highest BCUT2D eigenvalue weighted by atomic mass is 16.3. The number of hydrogen-bond donors (Lipinski definition) is 3. The molecule has 0 spiro atoms. The number of amides is 1. The van der Waals surface area contributed by atoms with E-state index >= 15 is 0 Å². The number of carbonyl (C=O) groups is 1. The minimum Gasteiger partial charge on any atom is -0.507 e. The zero-order valence-electron chi connectivity index (χ0n) is 16.1. The number of rotatable bonds is 5. The molecule has 1 amide bonds. The Morgan fingerprint density at radius 3 is 2.28 bits per heavy atom. The van der Waals surface area contributed by atoms with Crippen LogP contribution in [0.2, 0.25) is 0 Å². The predicted octanol–water partition coefficient (Wildman–Crippen LogP) is 4.77. The van der Waals surface area contributed by atoms with Crippen LogP contribution in [0.25, 0.3) is 0 Å². The summed E-state index contributed by atoms with van der Waals surface area (Å²) >= 11 is 0. The molecule has 7 nitrogen and oxygen atoms in total. The van der Waals surface area contributed by atoms with Gasteiger partial charge in [0.15, 0.2) is 0 Å². The first-order valence-electron chi connectivity index (χ1n) is 8.93. The van der Waals surface area contributed by atoms with E-state index in [1.54, 1.807) is 36.4 Å². The van der Waals surface area contributed by atoms with E-state index in [0.29, 0.717) is 22.5 Å². The molecule has 3 rings (SSSR count). The standard InChI is InChI=1S/C22H21N5O2/c1-14-3-8-19(11-15(14)2)25-26-20-9-10-21(28)17(12-20)13-24-27-22(29)16-4-6-18(23)7-5-16/h3-13,28H,23H2,1-2H3,(H,27,29)/b24-13-,26-25?. The molecule has 29 heavy (non-hydrogen) atoms. The fourth-order valence-electron chi connectivity index (χ4n) is 2.47. The number of hydrazone groups is 1. The van der Waals surface area contributed by atoms with E-state index < -0.39 is 0 Å². The molecular weight excluding hydrogens is 366 g/mol. The number of aryl methyl sites for hydroxylation is 2. The Kier molecular flexibility index (Phi) is 5.99. The van der Waals surface area contributed by atoms with Crippen molar-refractivity contribution in [2.24, 2.45) is 15.3 Å². The highest BCUT2D eigenvalue weighted by molar-refractivity contribution is 5.95. The highest BCUT2D eigenvalue weighted by Crippen LogP contribution is 2.25. The third kappa shape index (κ3) is 5.26. The van der Waals surface area contributed by atoms with Gasteiger partial charge in [0.05, 0.1) is 17.6 Å². The second kappa shape index (κ2) is 8.79. The molecule has 3 aromatic carbocycles. The summed E-state index contributed by atoms with van der Waals surface area (Å²) in [5.74, 6) is -0.369. The van der Waals surface area contributed by atoms with Gasteiger partial charge in [0.1, 0.15) is 5.75 Å². The molecule has 0 aliphatic carbocycles. The van der Waals surface area contributed by atoms with E-state index in [2.05, 4.69) is 20.8 Å². The molecule has 0 heterocycles. The number of nitrogens with zero attached hydrogens (tertiary/aromatic N) is 3. The molecule has 0 aromatic heterocycles. The van der Waals surface area contributed by atoms with Crippen molar-refractivity contribution in [1.29, 1.82) is 0 Å². The minimum atomic E-state index is -0.383. The Hall–Kier alpha value is -4.00. The number of phenols is 1. The van der Waals surface area contributed by atoms with Crippen molar-refractivity contribution in [2.45, 2.75) is 13.8 Å². The van der Waals surface area contributed by atoms with Gasteiger partial charge in [-0.05, 0) is 79.6 Å². The number of phenolic OH excluding ortho intramolecular Hbond substituents is 1. The van der Waals surface area contributed by atoms with Crippen LogP contribution in [0.3, 0.4) is 0 Å². The van der Waals surface area contributed by atoms with Gasteiger partial charge < -0.3 is 10.8 Å². The molecule has 0 saturated heterocycles. The van der Waals surface area contributed by atoms with Gasteiger partial charge in [-0.25, -0.2) is 5.43 Å². The fraction of sp³-hybridized carbons (Fsp3) is 0.0909. The van der Waals surface area contributed by atoms with Gasteiger partial charge in [-0.2, -0.15) is 15.3 Å². The predicted molar refractivity (Wildman–Crippen MR) is 114 cm³/mol. The Morgan fingerprint density at radius 2 is 1.59 bits per heavy atom. The molecule has 7 heteroatoms. The molecule has 0 saturated carbocycles. The van der Waals surface area contributed by atoms with Crippen LogP contribution in [0.5, 0.6) is 5.75 Å². The summed E-state index contributed by atoms with van der Waals surface area (Å²) in [7, 11) is 0. The number of benzene rings is 3. The average molecular weight is 387 g/mol. The normalized spacial score (nSPS) is 11.2. The van der Waals surface area contributed by atoms with Gasteiger partial charge in [0, 0.05) is 16.8 Å². The van der Waals surface area contributed by atoms with Crippen LogP contribution in [0.4, 0.5) is 17.1 Å². The van der Waals surface area contributed by atoms with Crippen LogP contribution >= 0.6 is 0 Å². The van der Waals surface area contributed by atoms with Gasteiger partial charge in [-0.15, -0.1) is 0 Å². The first kappa shape index (κ1) is 19.8. The van der Waals surface area contributed by atoms with E-state index in [-0.39, 0.29) is 11.7 Å². The molecule has 146 valence electrons. The second-order valence-corrected chi connectivity index (χ2v) is 6.53. The second-order valence-electron chi connectivity index (χ2n) is 6.53. The van der Waals surface area contributed by atoms with Crippen molar-refractivity contribution < 1.29 is 9.90 Å². The molecule has 0 radical (unpaired) electrons. The van der Waals surface area contributed by atoms with Crippen LogP contribution in [0.15, 0.2) is 76.0 Å². The third-order valence-electron chi connectivity index (χ3n) is 4.33. The van der Waals surface area contributed by atoms with E-state index in [4.69, 9.17) is 5.73 Å². The molecule has 0 aliphatic rings. The number of nitrogen functional groups attached to an aromatic ring is 1.